The number of ether oxygens (including phenoxy) is 1. The van der Waals surface area contributed by atoms with Crippen molar-refractivity contribution in [2.24, 2.45) is 0 Å². The molecule has 0 N–H and O–H groups in total. The SMILES string of the molecule is C[C@H](Oc1ccccc1)c1nc(-c2ccc(S(=O)(=O)N3CCCCC3)cc2)no1. The van der Waals surface area contributed by atoms with Crippen molar-refractivity contribution in [1.82, 2.24) is 14.4 Å². The van der Waals surface area contributed by atoms with Crippen LogP contribution in [-0.4, -0.2) is 36.0 Å². The van der Waals surface area contributed by atoms with Crippen LogP contribution in [0.1, 0.15) is 38.2 Å². The van der Waals surface area contributed by atoms with E-state index in [1.807, 2.05) is 37.3 Å². The average Bonchev–Trinajstić information content (AvgIpc) is 3.26. The van der Waals surface area contributed by atoms with Gasteiger partial charge >= 0.3 is 0 Å². The summed E-state index contributed by atoms with van der Waals surface area (Å²) in [4.78, 5) is 4.68. The molecule has 0 aliphatic carbocycles. The minimum atomic E-state index is -3.45. The number of para-hydroxylation sites is 1. The standard InChI is InChI=1S/C21H23N3O4S/c1-16(27-18-8-4-2-5-9-18)21-22-20(23-28-21)17-10-12-19(13-11-17)29(25,26)24-14-6-3-7-15-24/h2,4-5,8-13,16H,3,6-7,14-15H2,1H3/t16-/m0/s1. The van der Waals surface area contributed by atoms with Gasteiger partial charge < -0.3 is 9.26 Å². The van der Waals surface area contributed by atoms with Crippen molar-refractivity contribution in [3.05, 3.63) is 60.5 Å². The molecule has 1 aromatic heterocycles. The Morgan fingerprint density at radius 3 is 2.38 bits per heavy atom. The maximum atomic E-state index is 12.8. The summed E-state index contributed by atoms with van der Waals surface area (Å²) in [5.41, 5.74) is 0.685. The summed E-state index contributed by atoms with van der Waals surface area (Å²) in [6.07, 6.45) is 2.49. The first-order valence-electron chi connectivity index (χ1n) is 9.70. The van der Waals surface area contributed by atoms with Crippen molar-refractivity contribution >= 4 is 10.0 Å². The fraction of sp³-hybridized carbons (Fsp3) is 0.333. The number of benzene rings is 2. The van der Waals surface area contributed by atoms with E-state index in [1.165, 1.54) is 0 Å². The van der Waals surface area contributed by atoms with Crippen LogP contribution < -0.4 is 4.74 Å². The number of sulfonamides is 1. The summed E-state index contributed by atoms with van der Waals surface area (Å²) in [6, 6.07) is 16.0. The van der Waals surface area contributed by atoms with Gasteiger partial charge in [-0.2, -0.15) is 9.29 Å². The fourth-order valence-electron chi connectivity index (χ4n) is 3.30. The molecule has 0 spiro atoms. The molecule has 1 fully saturated rings. The molecule has 3 aromatic rings. The zero-order valence-corrected chi connectivity index (χ0v) is 17.0. The summed E-state index contributed by atoms with van der Waals surface area (Å²) in [5.74, 6) is 1.46. The summed E-state index contributed by atoms with van der Waals surface area (Å²) in [6.45, 7) is 2.99. The molecule has 0 amide bonds. The van der Waals surface area contributed by atoms with E-state index in [0.717, 1.165) is 19.3 Å². The lowest BCUT2D eigenvalue weighted by Crippen LogP contribution is -2.35. The zero-order valence-electron chi connectivity index (χ0n) is 16.2. The number of rotatable bonds is 6. The molecule has 0 radical (unpaired) electrons. The molecule has 2 heterocycles. The van der Waals surface area contributed by atoms with E-state index in [2.05, 4.69) is 10.1 Å². The summed E-state index contributed by atoms with van der Waals surface area (Å²) in [5, 5.41) is 4.00. The number of hydrogen-bond donors (Lipinski definition) is 0. The molecule has 1 aliphatic heterocycles. The highest BCUT2D eigenvalue weighted by molar-refractivity contribution is 7.89. The topological polar surface area (TPSA) is 85.5 Å². The predicted octanol–water partition coefficient (Wildman–Crippen LogP) is 4.05. The maximum Gasteiger partial charge on any atom is 0.267 e. The van der Waals surface area contributed by atoms with E-state index in [9.17, 15) is 8.42 Å². The van der Waals surface area contributed by atoms with Gasteiger partial charge in [-0.1, -0.05) is 29.8 Å². The van der Waals surface area contributed by atoms with Gasteiger partial charge in [0.2, 0.25) is 15.8 Å². The number of piperidine rings is 1. The van der Waals surface area contributed by atoms with Crippen LogP contribution in [0.2, 0.25) is 0 Å². The highest BCUT2D eigenvalue weighted by Gasteiger charge is 2.26. The van der Waals surface area contributed by atoms with Gasteiger partial charge in [-0.15, -0.1) is 0 Å². The Morgan fingerprint density at radius 2 is 1.69 bits per heavy atom. The Labute approximate surface area is 170 Å². The molecule has 1 atom stereocenters. The molecule has 152 valence electrons. The number of aromatic nitrogens is 2. The number of nitrogens with zero attached hydrogens (tertiary/aromatic N) is 3. The van der Waals surface area contributed by atoms with E-state index in [4.69, 9.17) is 9.26 Å². The monoisotopic (exact) mass is 413 g/mol. The molecule has 0 bridgehead atoms. The van der Waals surface area contributed by atoms with Crippen molar-refractivity contribution < 1.29 is 17.7 Å². The van der Waals surface area contributed by atoms with Gasteiger partial charge in [0.25, 0.3) is 5.89 Å². The smallest absolute Gasteiger partial charge is 0.267 e. The first kappa shape index (κ1) is 19.6. The van der Waals surface area contributed by atoms with Gasteiger partial charge in [-0.25, -0.2) is 8.42 Å². The molecule has 4 rings (SSSR count). The second-order valence-electron chi connectivity index (χ2n) is 7.02. The second kappa shape index (κ2) is 8.34. The molecule has 7 nitrogen and oxygen atoms in total. The Balaban J connectivity index is 1.48. The van der Waals surface area contributed by atoms with E-state index in [0.29, 0.717) is 36.1 Å². The first-order valence-corrected chi connectivity index (χ1v) is 11.1. The van der Waals surface area contributed by atoms with Crippen LogP contribution in [0.25, 0.3) is 11.4 Å². The molecule has 0 saturated carbocycles. The van der Waals surface area contributed by atoms with Crippen molar-refractivity contribution in [2.45, 2.75) is 37.2 Å². The lowest BCUT2D eigenvalue weighted by molar-refractivity contribution is 0.176. The first-order chi connectivity index (χ1) is 14.0. The molecule has 2 aromatic carbocycles. The van der Waals surface area contributed by atoms with Crippen molar-refractivity contribution in [3.8, 4) is 17.1 Å². The fourth-order valence-corrected chi connectivity index (χ4v) is 4.82. The van der Waals surface area contributed by atoms with Crippen molar-refractivity contribution in [1.29, 1.82) is 0 Å². The van der Waals surface area contributed by atoms with Crippen molar-refractivity contribution in [3.63, 3.8) is 0 Å². The Morgan fingerprint density at radius 1 is 1.00 bits per heavy atom. The third-order valence-electron chi connectivity index (χ3n) is 4.91. The van der Waals surface area contributed by atoms with Gasteiger partial charge in [0, 0.05) is 18.7 Å². The summed E-state index contributed by atoms with van der Waals surface area (Å²) < 4.78 is 38.2. The Bertz CT molecular complexity index is 1040. The van der Waals surface area contributed by atoms with Crippen LogP contribution in [0.4, 0.5) is 0 Å². The normalized spacial score (nSPS) is 16.4. The minimum absolute atomic E-state index is 0.285. The van der Waals surface area contributed by atoms with Gasteiger partial charge in [0.05, 0.1) is 4.90 Å². The average molecular weight is 413 g/mol. The van der Waals surface area contributed by atoms with Crippen LogP contribution >= 0.6 is 0 Å². The lowest BCUT2D eigenvalue weighted by atomic mass is 10.2. The Hall–Kier alpha value is -2.71. The van der Waals surface area contributed by atoms with Crippen LogP contribution in [0.15, 0.2) is 64.0 Å². The molecule has 1 saturated heterocycles. The third kappa shape index (κ3) is 4.33. The van der Waals surface area contributed by atoms with E-state index < -0.39 is 16.1 Å². The third-order valence-corrected chi connectivity index (χ3v) is 6.82. The van der Waals surface area contributed by atoms with Crippen LogP contribution in [0.5, 0.6) is 5.75 Å². The predicted molar refractivity (Wildman–Crippen MR) is 108 cm³/mol. The molecule has 8 heteroatoms. The highest BCUT2D eigenvalue weighted by Crippen LogP contribution is 2.25. The Kier molecular flexibility index (Phi) is 5.64. The maximum absolute atomic E-state index is 12.8. The van der Waals surface area contributed by atoms with Crippen LogP contribution in [0.3, 0.4) is 0 Å². The zero-order chi connectivity index (χ0) is 20.3. The molecule has 29 heavy (non-hydrogen) atoms. The van der Waals surface area contributed by atoms with Gasteiger partial charge in [0.15, 0.2) is 6.10 Å². The van der Waals surface area contributed by atoms with Gasteiger partial charge in [0.1, 0.15) is 5.75 Å². The summed E-state index contributed by atoms with van der Waals surface area (Å²) >= 11 is 0. The molecular weight excluding hydrogens is 390 g/mol. The second-order valence-corrected chi connectivity index (χ2v) is 8.96. The lowest BCUT2D eigenvalue weighted by Gasteiger charge is -2.25. The van der Waals surface area contributed by atoms with E-state index in [1.54, 1.807) is 28.6 Å². The van der Waals surface area contributed by atoms with Gasteiger partial charge in [-0.3, -0.25) is 0 Å². The van der Waals surface area contributed by atoms with E-state index >= 15 is 0 Å². The molecule has 1 aliphatic rings. The highest BCUT2D eigenvalue weighted by atomic mass is 32.2. The van der Waals surface area contributed by atoms with Crippen molar-refractivity contribution in [2.75, 3.05) is 13.1 Å². The molecular formula is C21H23N3O4S. The quantitative estimate of drug-likeness (QED) is 0.606. The van der Waals surface area contributed by atoms with Crippen LogP contribution in [-0.2, 0) is 10.0 Å². The molecule has 0 unspecified atom stereocenters. The summed E-state index contributed by atoms with van der Waals surface area (Å²) in [7, 11) is -3.45. The number of hydrogen-bond acceptors (Lipinski definition) is 6. The van der Waals surface area contributed by atoms with E-state index in [-0.39, 0.29) is 4.90 Å². The largest absolute Gasteiger partial charge is 0.481 e. The van der Waals surface area contributed by atoms with Crippen LogP contribution in [0, 0.1) is 0 Å². The van der Waals surface area contributed by atoms with Gasteiger partial charge in [-0.05, 0) is 56.2 Å². The minimum Gasteiger partial charge on any atom is -0.481 e.